The van der Waals surface area contributed by atoms with Crippen LogP contribution >= 0.6 is 0 Å². The number of amides is 2. The molecular formula is C12H24N2O. The molecule has 3 heteroatoms. The third-order valence-corrected chi connectivity index (χ3v) is 3.28. The topological polar surface area (TPSA) is 41.1 Å². The van der Waals surface area contributed by atoms with Gasteiger partial charge >= 0.3 is 6.03 Å². The molecule has 0 radical (unpaired) electrons. The van der Waals surface area contributed by atoms with Crippen LogP contribution < -0.4 is 10.6 Å². The van der Waals surface area contributed by atoms with Gasteiger partial charge in [-0.3, -0.25) is 0 Å². The van der Waals surface area contributed by atoms with Crippen molar-refractivity contribution in [2.24, 2.45) is 5.92 Å². The number of hydrogen-bond donors (Lipinski definition) is 2. The van der Waals surface area contributed by atoms with Crippen LogP contribution in [0.1, 0.15) is 52.4 Å². The molecule has 1 rings (SSSR count). The maximum atomic E-state index is 11.5. The lowest BCUT2D eigenvalue weighted by atomic mass is 10.0. The highest BCUT2D eigenvalue weighted by atomic mass is 16.2. The standard InChI is InChI=1S/C12H24N2O/c1-3-4-9-13-12(15)14-10(2)11-7-5-6-8-11/h10-11H,3-9H2,1-2H3,(H2,13,14,15). The van der Waals surface area contributed by atoms with Crippen molar-refractivity contribution >= 4 is 6.03 Å². The molecule has 0 aromatic rings. The first kappa shape index (κ1) is 12.3. The molecule has 1 fully saturated rings. The van der Waals surface area contributed by atoms with E-state index in [0.717, 1.165) is 19.4 Å². The summed E-state index contributed by atoms with van der Waals surface area (Å²) in [5.74, 6) is 0.696. The summed E-state index contributed by atoms with van der Waals surface area (Å²) >= 11 is 0. The number of nitrogens with one attached hydrogen (secondary N) is 2. The van der Waals surface area contributed by atoms with Crippen LogP contribution in [0.5, 0.6) is 0 Å². The minimum atomic E-state index is 0.00264. The van der Waals surface area contributed by atoms with E-state index in [9.17, 15) is 4.79 Å². The van der Waals surface area contributed by atoms with Gasteiger partial charge in [-0.25, -0.2) is 4.79 Å². The molecule has 3 nitrogen and oxygen atoms in total. The van der Waals surface area contributed by atoms with Gasteiger partial charge in [-0.1, -0.05) is 26.2 Å². The maximum Gasteiger partial charge on any atom is 0.315 e. The molecule has 2 amide bonds. The molecule has 0 aromatic heterocycles. The first-order valence-electron chi connectivity index (χ1n) is 6.28. The quantitative estimate of drug-likeness (QED) is 0.676. The van der Waals surface area contributed by atoms with E-state index >= 15 is 0 Å². The number of hydrogen-bond acceptors (Lipinski definition) is 1. The zero-order valence-corrected chi connectivity index (χ0v) is 10.0. The Balaban J connectivity index is 2.13. The Morgan fingerprint density at radius 3 is 2.67 bits per heavy atom. The van der Waals surface area contributed by atoms with Crippen molar-refractivity contribution in [3.05, 3.63) is 0 Å². The summed E-state index contributed by atoms with van der Waals surface area (Å²) in [6.07, 6.45) is 7.39. The fraction of sp³-hybridized carbons (Fsp3) is 0.917. The van der Waals surface area contributed by atoms with Gasteiger partial charge in [0.2, 0.25) is 0 Å². The van der Waals surface area contributed by atoms with E-state index in [-0.39, 0.29) is 6.03 Å². The van der Waals surface area contributed by atoms with E-state index in [4.69, 9.17) is 0 Å². The third kappa shape index (κ3) is 4.54. The summed E-state index contributed by atoms with van der Waals surface area (Å²) in [5.41, 5.74) is 0. The van der Waals surface area contributed by atoms with Gasteiger partial charge in [0.15, 0.2) is 0 Å². The van der Waals surface area contributed by atoms with Crippen molar-refractivity contribution in [2.45, 2.75) is 58.4 Å². The molecule has 0 aliphatic heterocycles. The molecule has 0 heterocycles. The first-order chi connectivity index (χ1) is 7.24. The molecule has 0 spiro atoms. The number of carbonyl (C=O) groups excluding carboxylic acids is 1. The van der Waals surface area contributed by atoms with Gasteiger partial charge in [-0.2, -0.15) is 0 Å². The summed E-state index contributed by atoms with van der Waals surface area (Å²) in [7, 11) is 0. The van der Waals surface area contributed by atoms with Crippen LogP contribution in [0.4, 0.5) is 4.79 Å². The van der Waals surface area contributed by atoms with Crippen molar-refractivity contribution in [3.8, 4) is 0 Å². The molecule has 0 bridgehead atoms. The first-order valence-corrected chi connectivity index (χ1v) is 6.28. The smallest absolute Gasteiger partial charge is 0.315 e. The highest BCUT2D eigenvalue weighted by Gasteiger charge is 2.22. The van der Waals surface area contributed by atoms with E-state index < -0.39 is 0 Å². The van der Waals surface area contributed by atoms with Crippen LogP contribution in [0, 0.1) is 5.92 Å². The van der Waals surface area contributed by atoms with Crippen molar-refractivity contribution in [3.63, 3.8) is 0 Å². The van der Waals surface area contributed by atoms with E-state index in [0.29, 0.717) is 12.0 Å². The second kappa shape index (κ2) is 6.70. The second-order valence-corrected chi connectivity index (χ2v) is 4.59. The molecule has 0 saturated heterocycles. The highest BCUT2D eigenvalue weighted by molar-refractivity contribution is 5.74. The molecule has 88 valence electrons. The fourth-order valence-electron chi connectivity index (χ4n) is 2.21. The number of rotatable bonds is 5. The summed E-state index contributed by atoms with van der Waals surface area (Å²) < 4.78 is 0. The zero-order chi connectivity index (χ0) is 11.1. The molecule has 1 saturated carbocycles. The SMILES string of the molecule is CCCCNC(=O)NC(C)C1CCCC1. The fourth-order valence-corrected chi connectivity index (χ4v) is 2.21. The van der Waals surface area contributed by atoms with E-state index in [2.05, 4.69) is 24.5 Å². The van der Waals surface area contributed by atoms with Gasteiger partial charge in [0.1, 0.15) is 0 Å². The lowest BCUT2D eigenvalue weighted by Crippen LogP contribution is -2.43. The summed E-state index contributed by atoms with van der Waals surface area (Å²) in [5, 5.41) is 5.92. The second-order valence-electron chi connectivity index (χ2n) is 4.59. The van der Waals surface area contributed by atoms with Gasteiger partial charge < -0.3 is 10.6 Å². The van der Waals surface area contributed by atoms with Gasteiger partial charge in [0.25, 0.3) is 0 Å². The normalized spacial score (nSPS) is 18.8. The summed E-state index contributed by atoms with van der Waals surface area (Å²) in [6.45, 7) is 5.04. The Morgan fingerprint density at radius 2 is 2.07 bits per heavy atom. The molecular weight excluding hydrogens is 188 g/mol. The Morgan fingerprint density at radius 1 is 1.40 bits per heavy atom. The van der Waals surface area contributed by atoms with E-state index in [1.165, 1.54) is 25.7 Å². The van der Waals surface area contributed by atoms with Crippen LogP contribution in [0.15, 0.2) is 0 Å². The van der Waals surface area contributed by atoms with E-state index in [1.807, 2.05) is 0 Å². The molecule has 1 unspecified atom stereocenters. The Kier molecular flexibility index (Phi) is 5.51. The maximum absolute atomic E-state index is 11.5. The van der Waals surface area contributed by atoms with Crippen LogP contribution in [0.2, 0.25) is 0 Å². The number of urea groups is 1. The predicted molar refractivity (Wildman–Crippen MR) is 62.9 cm³/mol. The molecule has 1 aliphatic carbocycles. The largest absolute Gasteiger partial charge is 0.338 e. The molecule has 2 N–H and O–H groups in total. The molecule has 1 aliphatic rings. The predicted octanol–water partition coefficient (Wildman–Crippen LogP) is 2.66. The lowest BCUT2D eigenvalue weighted by Gasteiger charge is -2.20. The number of carbonyl (C=O) groups is 1. The van der Waals surface area contributed by atoms with E-state index in [1.54, 1.807) is 0 Å². The Bertz CT molecular complexity index is 188. The van der Waals surface area contributed by atoms with Crippen molar-refractivity contribution in [1.29, 1.82) is 0 Å². The van der Waals surface area contributed by atoms with Gasteiger partial charge in [0.05, 0.1) is 0 Å². The lowest BCUT2D eigenvalue weighted by molar-refractivity contribution is 0.232. The van der Waals surface area contributed by atoms with Crippen LogP contribution in [-0.4, -0.2) is 18.6 Å². The van der Waals surface area contributed by atoms with Crippen LogP contribution in [0.25, 0.3) is 0 Å². The van der Waals surface area contributed by atoms with Crippen molar-refractivity contribution < 1.29 is 4.79 Å². The number of unbranched alkanes of at least 4 members (excludes halogenated alkanes) is 1. The molecule has 1 atom stereocenters. The van der Waals surface area contributed by atoms with Gasteiger partial charge in [-0.15, -0.1) is 0 Å². The summed E-state index contributed by atoms with van der Waals surface area (Å²) in [6, 6.07) is 0.331. The Labute approximate surface area is 93.0 Å². The minimum Gasteiger partial charge on any atom is -0.338 e. The summed E-state index contributed by atoms with van der Waals surface area (Å²) in [4.78, 5) is 11.5. The van der Waals surface area contributed by atoms with Crippen molar-refractivity contribution in [1.82, 2.24) is 10.6 Å². The highest BCUT2D eigenvalue weighted by Crippen LogP contribution is 2.27. The monoisotopic (exact) mass is 212 g/mol. The van der Waals surface area contributed by atoms with Gasteiger partial charge in [-0.05, 0) is 32.1 Å². The average molecular weight is 212 g/mol. The molecule has 0 aromatic carbocycles. The minimum absolute atomic E-state index is 0.00264. The average Bonchev–Trinajstić information content (AvgIpc) is 2.70. The third-order valence-electron chi connectivity index (χ3n) is 3.28. The van der Waals surface area contributed by atoms with Crippen molar-refractivity contribution in [2.75, 3.05) is 6.54 Å². The Hall–Kier alpha value is -0.730. The molecule has 15 heavy (non-hydrogen) atoms. The van der Waals surface area contributed by atoms with Gasteiger partial charge in [0, 0.05) is 12.6 Å². The zero-order valence-electron chi connectivity index (χ0n) is 10.0. The van der Waals surface area contributed by atoms with Crippen LogP contribution in [-0.2, 0) is 0 Å². The van der Waals surface area contributed by atoms with Crippen LogP contribution in [0.3, 0.4) is 0 Å².